The number of rotatable bonds is 5. The summed E-state index contributed by atoms with van der Waals surface area (Å²) in [6, 6.07) is 19.8. The summed E-state index contributed by atoms with van der Waals surface area (Å²) in [6.45, 7) is 1.25. The fraction of sp³-hybridized carbons (Fsp3) is 0.167. The molecule has 31 heavy (non-hydrogen) atoms. The summed E-state index contributed by atoms with van der Waals surface area (Å²) in [5.74, 6) is -2.32. The standard InChI is InChI=1S/C24H19BrFNO4/c1-24(22(28)29,20-11-10-14(25)12-21(20)26)27-23(30)31-13-19-17-8-4-2-6-15(17)16-7-3-5-9-18(16)19/h2-12,19H,13H2,1H3,(H,27,30)(H,28,29). The lowest BCUT2D eigenvalue weighted by atomic mass is 9.92. The van der Waals surface area contributed by atoms with Crippen molar-refractivity contribution in [1.82, 2.24) is 5.32 Å². The van der Waals surface area contributed by atoms with Gasteiger partial charge >= 0.3 is 12.1 Å². The Kier molecular flexibility index (Phi) is 5.54. The topological polar surface area (TPSA) is 75.6 Å². The predicted molar refractivity (Wildman–Crippen MR) is 117 cm³/mol. The summed E-state index contributed by atoms with van der Waals surface area (Å²) in [7, 11) is 0. The minimum Gasteiger partial charge on any atom is -0.479 e. The van der Waals surface area contributed by atoms with Crippen molar-refractivity contribution in [3.05, 3.63) is 93.7 Å². The van der Waals surface area contributed by atoms with Crippen LogP contribution in [0.3, 0.4) is 0 Å². The van der Waals surface area contributed by atoms with Gasteiger partial charge < -0.3 is 15.2 Å². The van der Waals surface area contributed by atoms with E-state index >= 15 is 0 Å². The molecule has 158 valence electrons. The first-order chi connectivity index (χ1) is 14.8. The average molecular weight is 484 g/mol. The number of carbonyl (C=O) groups is 2. The van der Waals surface area contributed by atoms with Crippen LogP contribution in [0.2, 0.25) is 0 Å². The minimum absolute atomic E-state index is 0.0262. The van der Waals surface area contributed by atoms with Crippen molar-refractivity contribution in [2.45, 2.75) is 18.4 Å². The SMILES string of the molecule is CC(NC(=O)OCC1c2ccccc2-c2ccccc21)(C(=O)O)c1ccc(Br)cc1F. The normalized spacial score (nSPS) is 14.3. The number of aliphatic carboxylic acids is 1. The van der Waals surface area contributed by atoms with Gasteiger partial charge in [-0.25, -0.2) is 14.0 Å². The monoisotopic (exact) mass is 483 g/mol. The lowest BCUT2D eigenvalue weighted by Crippen LogP contribution is -2.50. The Hall–Kier alpha value is -3.19. The Morgan fingerprint density at radius 2 is 1.65 bits per heavy atom. The van der Waals surface area contributed by atoms with Gasteiger partial charge in [0.15, 0.2) is 5.54 Å². The number of hydrogen-bond acceptors (Lipinski definition) is 3. The van der Waals surface area contributed by atoms with Gasteiger partial charge in [-0.1, -0.05) is 70.5 Å². The summed E-state index contributed by atoms with van der Waals surface area (Å²) >= 11 is 3.14. The minimum atomic E-state index is -1.99. The van der Waals surface area contributed by atoms with Crippen LogP contribution in [0, 0.1) is 5.82 Å². The molecule has 1 amide bonds. The lowest BCUT2D eigenvalue weighted by Gasteiger charge is -2.27. The Morgan fingerprint density at radius 3 is 2.19 bits per heavy atom. The first-order valence-corrected chi connectivity index (χ1v) is 10.4. The first-order valence-electron chi connectivity index (χ1n) is 9.63. The van der Waals surface area contributed by atoms with Crippen molar-refractivity contribution in [3.8, 4) is 11.1 Å². The van der Waals surface area contributed by atoms with Crippen molar-refractivity contribution in [2.75, 3.05) is 6.61 Å². The molecule has 0 saturated carbocycles. The molecule has 3 aromatic rings. The predicted octanol–water partition coefficient (Wildman–Crippen LogP) is 5.43. The Balaban J connectivity index is 1.54. The van der Waals surface area contributed by atoms with E-state index in [0.29, 0.717) is 4.47 Å². The summed E-state index contributed by atoms with van der Waals surface area (Å²) in [5.41, 5.74) is 2.08. The van der Waals surface area contributed by atoms with E-state index < -0.39 is 23.4 Å². The number of fused-ring (bicyclic) bond motifs is 3. The summed E-state index contributed by atoms with van der Waals surface area (Å²) < 4.78 is 20.3. The van der Waals surface area contributed by atoms with Crippen LogP contribution in [0.5, 0.6) is 0 Å². The van der Waals surface area contributed by atoms with E-state index in [2.05, 4.69) is 21.2 Å². The fourth-order valence-electron chi connectivity index (χ4n) is 3.97. The quantitative estimate of drug-likeness (QED) is 0.507. The van der Waals surface area contributed by atoms with Crippen LogP contribution in [0.1, 0.15) is 29.5 Å². The van der Waals surface area contributed by atoms with Crippen LogP contribution in [0.25, 0.3) is 11.1 Å². The van der Waals surface area contributed by atoms with Crippen LogP contribution >= 0.6 is 15.9 Å². The number of ether oxygens (including phenoxy) is 1. The summed E-state index contributed by atoms with van der Waals surface area (Å²) in [6.07, 6.45) is -0.936. The van der Waals surface area contributed by atoms with Crippen LogP contribution in [0.4, 0.5) is 9.18 Å². The third-order valence-electron chi connectivity index (χ3n) is 5.59. The maximum absolute atomic E-state index is 14.4. The van der Waals surface area contributed by atoms with Crippen LogP contribution in [-0.4, -0.2) is 23.8 Å². The van der Waals surface area contributed by atoms with Gasteiger partial charge in [-0.15, -0.1) is 0 Å². The molecule has 1 atom stereocenters. The molecule has 4 rings (SSSR count). The van der Waals surface area contributed by atoms with E-state index in [1.54, 1.807) is 0 Å². The molecule has 3 aromatic carbocycles. The smallest absolute Gasteiger partial charge is 0.408 e. The molecule has 0 aliphatic heterocycles. The van der Waals surface area contributed by atoms with Crippen LogP contribution in [-0.2, 0) is 15.1 Å². The highest BCUT2D eigenvalue weighted by molar-refractivity contribution is 9.10. The molecule has 1 aliphatic rings. The third kappa shape index (κ3) is 3.81. The molecular weight excluding hydrogens is 465 g/mol. The van der Waals surface area contributed by atoms with Gasteiger partial charge in [0.05, 0.1) is 0 Å². The van der Waals surface area contributed by atoms with Crippen molar-refractivity contribution in [2.24, 2.45) is 0 Å². The zero-order valence-corrected chi connectivity index (χ0v) is 18.1. The maximum atomic E-state index is 14.4. The van der Waals surface area contributed by atoms with Crippen molar-refractivity contribution in [3.63, 3.8) is 0 Å². The highest BCUT2D eigenvalue weighted by Crippen LogP contribution is 2.44. The molecule has 1 aliphatic carbocycles. The summed E-state index contributed by atoms with van der Waals surface area (Å²) in [4.78, 5) is 24.5. The largest absolute Gasteiger partial charge is 0.479 e. The molecule has 0 fully saturated rings. The number of amides is 1. The van der Waals surface area contributed by atoms with E-state index in [0.717, 1.165) is 28.3 Å². The molecule has 0 spiro atoms. The van der Waals surface area contributed by atoms with E-state index in [1.807, 2.05) is 48.5 Å². The van der Waals surface area contributed by atoms with E-state index in [-0.39, 0.29) is 18.1 Å². The second kappa shape index (κ2) is 8.15. The number of carbonyl (C=O) groups excluding carboxylic acids is 1. The number of halogens is 2. The molecular formula is C24H19BrFNO4. The fourth-order valence-corrected chi connectivity index (χ4v) is 4.30. The zero-order valence-electron chi connectivity index (χ0n) is 16.6. The van der Waals surface area contributed by atoms with E-state index in [9.17, 15) is 19.1 Å². The third-order valence-corrected chi connectivity index (χ3v) is 6.09. The Bertz CT molecular complexity index is 1140. The Labute approximate surface area is 187 Å². The van der Waals surface area contributed by atoms with Gasteiger partial charge in [-0.05, 0) is 41.3 Å². The number of hydrogen-bond donors (Lipinski definition) is 2. The van der Waals surface area contributed by atoms with E-state index in [4.69, 9.17) is 4.74 Å². The second-order valence-electron chi connectivity index (χ2n) is 7.50. The zero-order chi connectivity index (χ0) is 22.2. The van der Waals surface area contributed by atoms with Gasteiger partial charge in [0.25, 0.3) is 0 Å². The first kappa shape index (κ1) is 21.1. The second-order valence-corrected chi connectivity index (χ2v) is 8.42. The highest BCUT2D eigenvalue weighted by Gasteiger charge is 2.40. The maximum Gasteiger partial charge on any atom is 0.408 e. The van der Waals surface area contributed by atoms with Crippen LogP contribution in [0.15, 0.2) is 71.2 Å². The molecule has 0 heterocycles. The van der Waals surface area contributed by atoms with E-state index in [1.165, 1.54) is 19.1 Å². The molecule has 0 bridgehead atoms. The molecule has 0 saturated heterocycles. The van der Waals surface area contributed by atoms with Crippen molar-refractivity contribution < 1.29 is 23.8 Å². The number of carboxylic acid groups (broad SMARTS) is 1. The van der Waals surface area contributed by atoms with Gasteiger partial charge in [-0.3, -0.25) is 0 Å². The van der Waals surface area contributed by atoms with Gasteiger partial charge in [0, 0.05) is 16.0 Å². The molecule has 2 N–H and O–H groups in total. The summed E-state index contributed by atoms with van der Waals surface area (Å²) in [5, 5.41) is 12.0. The average Bonchev–Trinajstić information content (AvgIpc) is 3.06. The molecule has 1 unspecified atom stereocenters. The Morgan fingerprint density at radius 1 is 1.06 bits per heavy atom. The highest BCUT2D eigenvalue weighted by atomic mass is 79.9. The number of benzene rings is 3. The number of alkyl carbamates (subject to hydrolysis) is 1. The molecule has 7 heteroatoms. The molecule has 0 aromatic heterocycles. The lowest BCUT2D eigenvalue weighted by molar-refractivity contribution is -0.144. The number of nitrogens with one attached hydrogen (secondary N) is 1. The molecule has 5 nitrogen and oxygen atoms in total. The van der Waals surface area contributed by atoms with Crippen LogP contribution < -0.4 is 5.32 Å². The van der Waals surface area contributed by atoms with Gasteiger partial charge in [0.1, 0.15) is 12.4 Å². The number of carboxylic acids is 1. The van der Waals surface area contributed by atoms with Gasteiger partial charge in [-0.2, -0.15) is 0 Å². The van der Waals surface area contributed by atoms with Crippen molar-refractivity contribution >= 4 is 28.0 Å². The molecule has 0 radical (unpaired) electrons. The van der Waals surface area contributed by atoms with Gasteiger partial charge in [0.2, 0.25) is 0 Å². The van der Waals surface area contributed by atoms with Crippen molar-refractivity contribution in [1.29, 1.82) is 0 Å².